The summed E-state index contributed by atoms with van der Waals surface area (Å²) >= 11 is 0. The van der Waals surface area contributed by atoms with Gasteiger partial charge in [-0.15, -0.1) is 0 Å². The van der Waals surface area contributed by atoms with Crippen LogP contribution in [0.15, 0.2) is 0 Å². The van der Waals surface area contributed by atoms with Crippen LogP contribution < -0.4 is 11.1 Å². The second-order valence-corrected chi connectivity index (χ2v) is 3.20. The molecule has 0 bridgehead atoms. The van der Waals surface area contributed by atoms with Crippen LogP contribution in [-0.4, -0.2) is 41.6 Å². The molecule has 7 nitrogen and oxygen atoms in total. The van der Waals surface area contributed by atoms with Crippen LogP contribution in [0.25, 0.3) is 0 Å². The van der Waals surface area contributed by atoms with Gasteiger partial charge in [0.1, 0.15) is 12.6 Å². The monoisotopic (exact) mass is 230 g/mol. The van der Waals surface area contributed by atoms with Crippen LogP contribution >= 0.6 is 0 Å². The predicted molar refractivity (Wildman–Crippen MR) is 53.5 cm³/mol. The van der Waals surface area contributed by atoms with E-state index in [0.717, 1.165) is 0 Å². The number of amides is 1. The van der Waals surface area contributed by atoms with E-state index < -0.39 is 30.4 Å². The quantitative estimate of drug-likeness (QED) is 0.433. The van der Waals surface area contributed by atoms with Gasteiger partial charge in [0.25, 0.3) is 0 Å². The third kappa shape index (κ3) is 5.86. The molecule has 0 radical (unpaired) electrons. The van der Waals surface area contributed by atoms with Gasteiger partial charge >= 0.3 is 5.97 Å². The molecule has 0 aromatic heterocycles. The molecule has 0 aliphatic heterocycles. The average Bonchev–Trinajstić information content (AvgIpc) is 2.23. The molecule has 0 aromatic rings. The van der Waals surface area contributed by atoms with E-state index in [0.29, 0.717) is 12.6 Å². The molecule has 0 aliphatic carbocycles. The number of carboxylic acids is 1. The van der Waals surface area contributed by atoms with E-state index in [1.165, 1.54) is 0 Å². The number of nitrogens with one attached hydrogen (secondary N) is 1. The summed E-state index contributed by atoms with van der Waals surface area (Å²) in [4.78, 5) is 42.1. The first kappa shape index (κ1) is 14.2. The van der Waals surface area contributed by atoms with Crippen LogP contribution in [0.4, 0.5) is 0 Å². The minimum atomic E-state index is -1.20. The lowest BCUT2D eigenvalue weighted by atomic mass is 10.1. The average molecular weight is 230 g/mol. The Morgan fingerprint density at radius 1 is 1.38 bits per heavy atom. The van der Waals surface area contributed by atoms with Crippen LogP contribution in [0.5, 0.6) is 0 Å². The van der Waals surface area contributed by atoms with Crippen LogP contribution in [0.3, 0.4) is 0 Å². The predicted octanol–water partition coefficient (Wildman–Crippen LogP) is -1.55. The van der Waals surface area contributed by atoms with Gasteiger partial charge in [-0.1, -0.05) is 0 Å². The van der Waals surface area contributed by atoms with E-state index in [2.05, 4.69) is 5.32 Å². The smallest absolute Gasteiger partial charge is 0.305 e. The number of carbonyl (C=O) groups is 4. The van der Waals surface area contributed by atoms with Crippen LogP contribution in [0.2, 0.25) is 0 Å². The van der Waals surface area contributed by atoms with Crippen molar-refractivity contribution >= 4 is 24.4 Å². The molecule has 0 heterocycles. The SMILES string of the molecule is N[C@@H](CCC=O)C(=O)N[C@H](C=O)CC(=O)O. The Bertz CT molecular complexity index is 279. The maximum absolute atomic E-state index is 11.3. The van der Waals surface area contributed by atoms with E-state index in [-0.39, 0.29) is 12.8 Å². The van der Waals surface area contributed by atoms with Crippen molar-refractivity contribution in [1.82, 2.24) is 5.32 Å². The first-order valence-corrected chi connectivity index (χ1v) is 4.68. The third-order valence-corrected chi connectivity index (χ3v) is 1.82. The Kier molecular flexibility index (Phi) is 6.69. The molecule has 0 rings (SSSR count). The highest BCUT2D eigenvalue weighted by Crippen LogP contribution is 1.95. The molecule has 7 heteroatoms. The van der Waals surface area contributed by atoms with Gasteiger partial charge in [-0.3, -0.25) is 9.59 Å². The van der Waals surface area contributed by atoms with Gasteiger partial charge in [0.15, 0.2) is 0 Å². The maximum atomic E-state index is 11.3. The fraction of sp³-hybridized carbons (Fsp3) is 0.556. The minimum Gasteiger partial charge on any atom is -0.481 e. The van der Waals surface area contributed by atoms with Crippen molar-refractivity contribution in [3.05, 3.63) is 0 Å². The second kappa shape index (κ2) is 7.52. The number of aldehydes is 2. The molecule has 0 saturated carbocycles. The lowest BCUT2D eigenvalue weighted by Crippen LogP contribution is -2.46. The third-order valence-electron chi connectivity index (χ3n) is 1.82. The van der Waals surface area contributed by atoms with Gasteiger partial charge in [0.2, 0.25) is 5.91 Å². The second-order valence-electron chi connectivity index (χ2n) is 3.20. The molecule has 16 heavy (non-hydrogen) atoms. The molecule has 0 aromatic carbocycles. The summed E-state index contributed by atoms with van der Waals surface area (Å²) in [6.07, 6.45) is 0.767. The van der Waals surface area contributed by atoms with Crippen molar-refractivity contribution in [1.29, 1.82) is 0 Å². The zero-order valence-electron chi connectivity index (χ0n) is 8.59. The lowest BCUT2D eigenvalue weighted by Gasteiger charge is -2.14. The molecule has 2 atom stereocenters. The Morgan fingerprint density at radius 3 is 2.44 bits per heavy atom. The lowest BCUT2D eigenvalue weighted by molar-refractivity contribution is -0.138. The van der Waals surface area contributed by atoms with Crippen molar-refractivity contribution in [2.75, 3.05) is 0 Å². The first-order chi connectivity index (χ1) is 7.51. The van der Waals surface area contributed by atoms with Crippen molar-refractivity contribution in [2.24, 2.45) is 5.73 Å². The molecular formula is C9H14N2O5. The highest BCUT2D eigenvalue weighted by molar-refractivity contribution is 5.86. The molecule has 0 saturated heterocycles. The summed E-state index contributed by atoms with van der Waals surface area (Å²) in [5, 5.41) is 10.6. The van der Waals surface area contributed by atoms with Crippen molar-refractivity contribution in [3.63, 3.8) is 0 Å². The normalized spacial score (nSPS) is 13.6. The van der Waals surface area contributed by atoms with Gasteiger partial charge in [-0.25, -0.2) is 0 Å². The summed E-state index contributed by atoms with van der Waals surface area (Å²) < 4.78 is 0. The standard InChI is InChI=1S/C9H14N2O5/c10-7(2-1-3-12)9(16)11-6(5-13)4-8(14)15/h3,5-7H,1-2,4,10H2,(H,11,16)(H,14,15)/t6-,7-/m0/s1. The zero-order chi connectivity index (χ0) is 12.6. The van der Waals surface area contributed by atoms with E-state index in [4.69, 9.17) is 10.8 Å². The van der Waals surface area contributed by atoms with Gasteiger partial charge in [0, 0.05) is 6.42 Å². The number of rotatable bonds is 8. The van der Waals surface area contributed by atoms with Crippen LogP contribution in [0.1, 0.15) is 19.3 Å². The molecule has 0 spiro atoms. The number of hydrogen-bond acceptors (Lipinski definition) is 5. The van der Waals surface area contributed by atoms with Crippen molar-refractivity contribution in [3.8, 4) is 0 Å². The Morgan fingerprint density at radius 2 is 2.00 bits per heavy atom. The van der Waals surface area contributed by atoms with Gasteiger partial charge < -0.3 is 25.7 Å². The van der Waals surface area contributed by atoms with E-state index in [9.17, 15) is 19.2 Å². The summed E-state index contributed by atoms with van der Waals surface area (Å²) in [5.74, 6) is -1.83. The van der Waals surface area contributed by atoms with Gasteiger partial charge in [-0.2, -0.15) is 0 Å². The first-order valence-electron chi connectivity index (χ1n) is 4.68. The highest BCUT2D eigenvalue weighted by Gasteiger charge is 2.19. The van der Waals surface area contributed by atoms with Crippen molar-refractivity contribution < 1.29 is 24.3 Å². The number of nitrogens with two attached hydrogens (primary N) is 1. The number of carboxylic acid groups (broad SMARTS) is 1. The highest BCUT2D eigenvalue weighted by atomic mass is 16.4. The number of aliphatic carboxylic acids is 1. The molecule has 0 fully saturated rings. The Labute approximate surface area is 92.0 Å². The van der Waals surface area contributed by atoms with Crippen LogP contribution in [0, 0.1) is 0 Å². The molecule has 4 N–H and O–H groups in total. The molecule has 0 unspecified atom stereocenters. The molecule has 0 aliphatic rings. The summed E-state index contributed by atoms with van der Waals surface area (Å²) in [5.41, 5.74) is 5.40. The maximum Gasteiger partial charge on any atom is 0.305 e. The molecule has 90 valence electrons. The van der Waals surface area contributed by atoms with Gasteiger partial charge in [0.05, 0.1) is 18.5 Å². The van der Waals surface area contributed by atoms with E-state index in [1.54, 1.807) is 0 Å². The van der Waals surface area contributed by atoms with E-state index in [1.807, 2.05) is 0 Å². The number of carbonyl (C=O) groups excluding carboxylic acids is 3. The van der Waals surface area contributed by atoms with Crippen LogP contribution in [-0.2, 0) is 19.2 Å². The summed E-state index contributed by atoms with van der Waals surface area (Å²) in [7, 11) is 0. The van der Waals surface area contributed by atoms with E-state index >= 15 is 0 Å². The molecular weight excluding hydrogens is 216 g/mol. The fourth-order valence-corrected chi connectivity index (χ4v) is 0.990. The fourth-order valence-electron chi connectivity index (χ4n) is 0.990. The number of hydrogen-bond donors (Lipinski definition) is 3. The zero-order valence-corrected chi connectivity index (χ0v) is 8.59. The minimum absolute atomic E-state index is 0.138. The van der Waals surface area contributed by atoms with Crippen molar-refractivity contribution in [2.45, 2.75) is 31.3 Å². The Balaban J connectivity index is 4.12. The largest absolute Gasteiger partial charge is 0.481 e. The summed E-state index contributed by atoms with van der Waals surface area (Å²) in [6.45, 7) is 0. The Hall–Kier alpha value is -1.76. The summed E-state index contributed by atoms with van der Waals surface area (Å²) in [6, 6.07) is -2.01. The topological polar surface area (TPSA) is 127 Å². The van der Waals surface area contributed by atoms with Gasteiger partial charge in [-0.05, 0) is 6.42 Å². The molecule has 1 amide bonds.